The van der Waals surface area contributed by atoms with Crippen LogP contribution in [0.3, 0.4) is 0 Å². The molecule has 2 aromatic carbocycles. The third kappa shape index (κ3) is 2.00. The molecule has 0 radical (unpaired) electrons. The smallest absolute Gasteiger partial charge is 0.328 e. The van der Waals surface area contributed by atoms with E-state index in [-0.39, 0.29) is 12.0 Å². The number of rotatable bonds is 2. The first-order valence-corrected chi connectivity index (χ1v) is 7.03. The quantitative estimate of drug-likeness (QED) is 0.795. The molecule has 0 aromatic heterocycles. The van der Waals surface area contributed by atoms with Crippen molar-refractivity contribution in [1.82, 2.24) is 0 Å². The fourth-order valence-corrected chi connectivity index (χ4v) is 3.03. The third-order valence-electron chi connectivity index (χ3n) is 3.65. The molecule has 1 aliphatic rings. The molecule has 1 fully saturated rings. The zero-order valence-electron chi connectivity index (χ0n) is 10.6. The normalized spacial score (nSPS) is 18.2. The van der Waals surface area contributed by atoms with E-state index in [1.807, 2.05) is 18.2 Å². The zero-order chi connectivity index (χ0) is 13.4. The highest BCUT2D eigenvalue weighted by Gasteiger charge is 2.35. The molecule has 0 spiro atoms. The minimum atomic E-state index is -0.154. The molecule has 98 valence electrons. The Bertz CT molecular complexity index is 641. The Morgan fingerprint density at radius 1 is 1.26 bits per heavy atom. The van der Waals surface area contributed by atoms with Gasteiger partial charge in [0.05, 0.1) is 7.11 Å². The highest BCUT2D eigenvalue weighted by Crippen LogP contribution is 2.36. The van der Waals surface area contributed by atoms with Gasteiger partial charge in [0.15, 0.2) is 0 Å². The summed E-state index contributed by atoms with van der Waals surface area (Å²) in [6.07, 6.45) is 0.858. The van der Waals surface area contributed by atoms with E-state index in [2.05, 4.69) is 39.0 Å². The highest BCUT2D eigenvalue weighted by atomic mass is 79.9. The Hall–Kier alpha value is -1.55. The van der Waals surface area contributed by atoms with Gasteiger partial charge in [-0.05, 0) is 23.9 Å². The van der Waals surface area contributed by atoms with Crippen LogP contribution in [0.2, 0.25) is 0 Å². The molecular formula is C15H14BrNO2. The van der Waals surface area contributed by atoms with Gasteiger partial charge in [-0.2, -0.15) is 0 Å². The van der Waals surface area contributed by atoms with Crippen LogP contribution >= 0.6 is 15.9 Å². The fraction of sp³-hybridized carbons (Fsp3) is 0.267. The molecule has 19 heavy (non-hydrogen) atoms. The van der Waals surface area contributed by atoms with Crippen LogP contribution in [0, 0.1) is 0 Å². The van der Waals surface area contributed by atoms with Crippen molar-refractivity contribution in [2.45, 2.75) is 12.5 Å². The number of methoxy groups -OCH3 is 1. The van der Waals surface area contributed by atoms with Gasteiger partial charge < -0.3 is 9.64 Å². The lowest BCUT2D eigenvalue weighted by atomic mass is 9.99. The summed E-state index contributed by atoms with van der Waals surface area (Å²) in [4.78, 5) is 13.8. The van der Waals surface area contributed by atoms with E-state index in [9.17, 15) is 4.79 Å². The maximum absolute atomic E-state index is 11.7. The van der Waals surface area contributed by atoms with Crippen LogP contribution in [-0.2, 0) is 9.53 Å². The van der Waals surface area contributed by atoms with E-state index in [0.29, 0.717) is 0 Å². The summed E-state index contributed by atoms with van der Waals surface area (Å²) >= 11 is 3.57. The molecular weight excluding hydrogens is 306 g/mol. The van der Waals surface area contributed by atoms with Crippen LogP contribution in [0.4, 0.5) is 5.69 Å². The standard InChI is InChI=1S/C15H14BrNO2/c1-19-15(18)14-8-9-17(14)13-7-6-12(16)10-4-2-3-5-11(10)13/h2-7,14H,8-9H2,1H3. The number of benzene rings is 2. The van der Waals surface area contributed by atoms with Crippen molar-refractivity contribution >= 4 is 38.4 Å². The Labute approximate surface area is 120 Å². The van der Waals surface area contributed by atoms with Gasteiger partial charge in [-0.3, -0.25) is 0 Å². The molecule has 3 nitrogen and oxygen atoms in total. The average molecular weight is 320 g/mol. The summed E-state index contributed by atoms with van der Waals surface area (Å²) in [6, 6.07) is 12.1. The molecule has 1 heterocycles. The molecule has 1 unspecified atom stereocenters. The molecule has 0 bridgehead atoms. The van der Waals surface area contributed by atoms with Crippen molar-refractivity contribution in [1.29, 1.82) is 0 Å². The fourth-order valence-electron chi connectivity index (χ4n) is 2.55. The number of carbonyl (C=O) groups is 1. The number of fused-ring (bicyclic) bond motifs is 1. The predicted octanol–water partition coefficient (Wildman–Crippen LogP) is 3.35. The Morgan fingerprint density at radius 3 is 2.63 bits per heavy atom. The Balaban J connectivity index is 2.07. The van der Waals surface area contributed by atoms with Crippen molar-refractivity contribution < 1.29 is 9.53 Å². The van der Waals surface area contributed by atoms with Crippen molar-refractivity contribution in [3.05, 3.63) is 40.9 Å². The summed E-state index contributed by atoms with van der Waals surface area (Å²) in [5.74, 6) is -0.154. The van der Waals surface area contributed by atoms with Gasteiger partial charge in [0.1, 0.15) is 6.04 Å². The van der Waals surface area contributed by atoms with Gasteiger partial charge in [0.2, 0.25) is 0 Å². The molecule has 1 saturated heterocycles. The number of carbonyl (C=O) groups excluding carboxylic acids is 1. The maximum Gasteiger partial charge on any atom is 0.328 e. The number of anilines is 1. The van der Waals surface area contributed by atoms with Gasteiger partial charge in [-0.15, -0.1) is 0 Å². The van der Waals surface area contributed by atoms with E-state index >= 15 is 0 Å². The van der Waals surface area contributed by atoms with Crippen LogP contribution in [-0.4, -0.2) is 25.7 Å². The number of ether oxygens (including phenoxy) is 1. The van der Waals surface area contributed by atoms with Gasteiger partial charge in [-0.25, -0.2) is 4.79 Å². The second-order valence-corrected chi connectivity index (χ2v) is 5.49. The maximum atomic E-state index is 11.7. The SMILES string of the molecule is COC(=O)C1CCN1c1ccc(Br)c2ccccc12. The molecule has 4 heteroatoms. The van der Waals surface area contributed by atoms with Gasteiger partial charge in [0.25, 0.3) is 0 Å². The first kappa shape index (κ1) is 12.5. The van der Waals surface area contributed by atoms with Gasteiger partial charge >= 0.3 is 5.97 Å². The largest absolute Gasteiger partial charge is 0.467 e. The summed E-state index contributed by atoms with van der Waals surface area (Å²) in [6.45, 7) is 0.894. The topological polar surface area (TPSA) is 29.5 Å². The minimum absolute atomic E-state index is 0.144. The molecule has 0 N–H and O–H groups in total. The molecule has 2 aromatic rings. The lowest BCUT2D eigenvalue weighted by Crippen LogP contribution is -2.53. The molecule has 1 aliphatic heterocycles. The van der Waals surface area contributed by atoms with Crippen LogP contribution in [0.25, 0.3) is 10.8 Å². The average Bonchev–Trinajstić information content (AvgIpc) is 2.41. The molecule has 3 rings (SSSR count). The lowest BCUT2D eigenvalue weighted by Gasteiger charge is -2.41. The number of halogens is 1. The van der Waals surface area contributed by atoms with E-state index in [1.54, 1.807) is 0 Å². The molecule has 0 aliphatic carbocycles. The molecule has 0 saturated carbocycles. The Kier molecular flexibility index (Phi) is 3.19. The van der Waals surface area contributed by atoms with E-state index in [1.165, 1.54) is 7.11 Å². The monoisotopic (exact) mass is 319 g/mol. The second kappa shape index (κ2) is 4.85. The summed E-state index contributed by atoms with van der Waals surface area (Å²) < 4.78 is 5.92. The number of hydrogen-bond donors (Lipinski definition) is 0. The predicted molar refractivity (Wildman–Crippen MR) is 79.4 cm³/mol. The summed E-state index contributed by atoms with van der Waals surface area (Å²) in [5, 5.41) is 2.32. The number of hydrogen-bond acceptors (Lipinski definition) is 3. The first-order valence-electron chi connectivity index (χ1n) is 6.24. The van der Waals surface area contributed by atoms with Crippen molar-refractivity contribution in [3.8, 4) is 0 Å². The zero-order valence-corrected chi connectivity index (χ0v) is 12.2. The third-order valence-corrected chi connectivity index (χ3v) is 4.34. The Morgan fingerprint density at radius 2 is 2.00 bits per heavy atom. The second-order valence-electron chi connectivity index (χ2n) is 4.63. The van der Waals surface area contributed by atoms with E-state index < -0.39 is 0 Å². The minimum Gasteiger partial charge on any atom is -0.467 e. The van der Waals surface area contributed by atoms with Gasteiger partial charge in [-0.1, -0.05) is 40.2 Å². The van der Waals surface area contributed by atoms with Crippen molar-refractivity contribution in [2.24, 2.45) is 0 Å². The van der Waals surface area contributed by atoms with Crippen LogP contribution < -0.4 is 4.90 Å². The lowest BCUT2D eigenvalue weighted by molar-refractivity contribution is -0.143. The number of nitrogens with zero attached hydrogens (tertiary/aromatic N) is 1. The molecule has 1 atom stereocenters. The summed E-state index contributed by atoms with van der Waals surface area (Å²) in [7, 11) is 1.44. The van der Waals surface area contributed by atoms with Crippen molar-refractivity contribution in [3.63, 3.8) is 0 Å². The van der Waals surface area contributed by atoms with E-state index in [0.717, 1.165) is 33.9 Å². The van der Waals surface area contributed by atoms with Crippen LogP contribution in [0.1, 0.15) is 6.42 Å². The van der Waals surface area contributed by atoms with Gasteiger partial charge in [0, 0.05) is 22.1 Å². The van der Waals surface area contributed by atoms with Crippen LogP contribution in [0.15, 0.2) is 40.9 Å². The number of esters is 1. The first-order chi connectivity index (χ1) is 9.22. The van der Waals surface area contributed by atoms with Crippen molar-refractivity contribution in [2.75, 3.05) is 18.6 Å². The summed E-state index contributed by atoms with van der Waals surface area (Å²) in [5.41, 5.74) is 1.10. The molecule has 0 amide bonds. The highest BCUT2D eigenvalue weighted by molar-refractivity contribution is 9.10. The van der Waals surface area contributed by atoms with E-state index in [4.69, 9.17) is 4.74 Å². The van der Waals surface area contributed by atoms with Crippen LogP contribution in [0.5, 0.6) is 0 Å².